The maximum absolute atomic E-state index is 11.9. The zero-order valence-electron chi connectivity index (χ0n) is 10.2. The van der Waals surface area contributed by atoms with Crippen molar-refractivity contribution >= 4 is 15.7 Å². The lowest BCUT2D eigenvalue weighted by Gasteiger charge is -2.08. The minimum absolute atomic E-state index is 0.155. The van der Waals surface area contributed by atoms with E-state index < -0.39 is 10.0 Å². The summed E-state index contributed by atoms with van der Waals surface area (Å²) in [5.41, 5.74) is 0.993. The van der Waals surface area contributed by atoms with Crippen LogP contribution in [0, 0.1) is 5.92 Å². The Kier molecular flexibility index (Phi) is 3.03. The maximum Gasteiger partial charge on any atom is 0.240 e. The van der Waals surface area contributed by atoms with Crippen molar-refractivity contribution in [2.45, 2.75) is 36.6 Å². The fourth-order valence-corrected chi connectivity index (χ4v) is 3.13. The molecule has 1 aromatic rings. The lowest BCUT2D eigenvalue weighted by molar-refractivity contribution is 0.581. The van der Waals surface area contributed by atoms with E-state index in [1.54, 1.807) is 12.1 Å². The molecule has 0 aliphatic heterocycles. The van der Waals surface area contributed by atoms with E-state index in [1.165, 1.54) is 12.8 Å². The maximum atomic E-state index is 11.9. The summed E-state index contributed by atoms with van der Waals surface area (Å²) in [5.74, 6) is 0.810. The van der Waals surface area contributed by atoms with Gasteiger partial charge in [-0.2, -0.15) is 0 Å². The van der Waals surface area contributed by atoms with Crippen LogP contribution in [-0.2, 0) is 10.0 Å². The molecule has 2 saturated carbocycles. The third-order valence-corrected chi connectivity index (χ3v) is 4.89. The van der Waals surface area contributed by atoms with Crippen molar-refractivity contribution in [1.29, 1.82) is 0 Å². The van der Waals surface area contributed by atoms with Gasteiger partial charge in [0.2, 0.25) is 10.0 Å². The van der Waals surface area contributed by atoms with Crippen molar-refractivity contribution in [3.63, 3.8) is 0 Å². The second kappa shape index (κ2) is 4.55. The normalized spacial score (nSPS) is 19.8. The summed E-state index contributed by atoms with van der Waals surface area (Å²) in [4.78, 5) is 0.353. The molecule has 5 heteroatoms. The van der Waals surface area contributed by atoms with Crippen LogP contribution in [-0.4, -0.2) is 21.0 Å². The van der Waals surface area contributed by atoms with E-state index in [0.717, 1.165) is 31.0 Å². The van der Waals surface area contributed by atoms with Gasteiger partial charge in [-0.05, 0) is 55.9 Å². The third kappa shape index (κ3) is 3.03. The van der Waals surface area contributed by atoms with Gasteiger partial charge in [-0.1, -0.05) is 0 Å². The van der Waals surface area contributed by atoms with E-state index in [9.17, 15) is 8.42 Å². The zero-order valence-corrected chi connectivity index (χ0v) is 11.0. The molecule has 98 valence electrons. The first-order valence-electron chi connectivity index (χ1n) is 6.50. The molecule has 0 spiro atoms. The van der Waals surface area contributed by atoms with Gasteiger partial charge < -0.3 is 5.32 Å². The molecule has 2 fully saturated rings. The van der Waals surface area contributed by atoms with Gasteiger partial charge in [0.25, 0.3) is 0 Å². The fraction of sp³-hybridized carbons (Fsp3) is 0.538. The molecule has 0 saturated heterocycles. The van der Waals surface area contributed by atoms with E-state index in [-0.39, 0.29) is 6.04 Å². The average molecular weight is 266 g/mol. The standard InChI is InChI=1S/C13H18N2O2S/c16-18(17,15-12-3-4-12)13-7-5-11(6-8-13)14-9-10-1-2-10/h5-8,10,12,14-15H,1-4,9H2. The van der Waals surface area contributed by atoms with Gasteiger partial charge in [-0.3, -0.25) is 0 Å². The lowest BCUT2D eigenvalue weighted by Crippen LogP contribution is -2.25. The van der Waals surface area contributed by atoms with Gasteiger partial charge in [0.15, 0.2) is 0 Å². The summed E-state index contributed by atoms with van der Waals surface area (Å²) >= 11 is 0. The Morgan fingerprint density at radius 1 is 1.06 bits per heavy atom. The molecular weight excluding hydrogens is 248 g/mol. The van der Waals surface area contributed by atoms with E-state index in [2.05, 4.69) is 10.0 Å². The third-order valence-electron chi connectivity index (χ3n) is 3.36. The molecule has 18 heavy (non-hydrogen) atoms. The quantitative estimate of drug-likeness (QED) is 0.827. The van der Waals surface area contributed by atoms with E-state index in [1.807, 2.05) is 12.1 Å². The van der Waals surface area contributed by atoms with Crippen LogP contribution in [0.15, 0.2) is 29.2 Å². The van der Waals surface area contributed by atoms with Crippen molar-refractivity contribution in [2.75, 3.05) is 11.9 Å². The average Bonchev–Trinajstić information content (AvgIpc) is 3.21. The highest BCUT2D eigenvalue weighted by molar-refractivity contribution is 7.89. The first-order chi connectivity index (χ1) is 8.63. The van der Waals surface area contributed by atoms with E-state index >= 15 is 0 Å². The van der Waals surface area contributed by atoms with Crippen LogP contribution in [0.25, 0.3) is 0 Å². The molecule has 0 heterocycles. The molecule has 0 atom stereocenters. The predicted octanol–water partition coefficient (Wildman–Crippen LogP) is 1.95. The number of anilines is 1. The number of rotatable bonds is 6. The van der Waals surface area contributed by atoms with E-state index in [4.69, 9.17) is 0 Å². The Labute approximate surface area is 108 Å². The van der Waals surface area contributed by atoms with Crippen LogP contribution in [0.3, 0.4) is 0 Å². The lowest BCUT2D eigenvalue weighted by atomic mass is 10.3. The summed E-state index contributed by atoms with van der Waals surface area (Å²) in [7, 11) is -3.31. The first-order valence-corrected chi connectivity index (χ1v) is 7.98. The van der Waals surface area contributed by atoms with Gasteiger partial charge in [0, 0.05) is 18.3 Å². The highest BCUT2D eigenvalue weighted by Crippen LogP contribution is 2.29. The fourth-order valence-electron chi connectivity index (χ4n) is 1.82. The summed E-state index contributed by atoms with van der Waals surface area (Å²) in [6.07, 6.45) is 4.54. The molecule has 2 aliphatic carbocycles. The minimum atomic E-state index is -3.31. The second-order valence-electron chi connectivity index (χ2n) is 5.24. The Bertz CT molecular complexity index is 516. The van der Waals surface area contributed by atoms with Crippen molar-refractivity contribution < 1.29 is 8.42 Å². The number of sulfonamides is 1. The molecule has 1 aromatic carbocycles. The Morgan fingerprint density at radius 2 is 1.72 bits per heavy atom. The minimum Gasteiger partial charge on any atom is -0.385 e. The molecule has 2 aliphatic rings. The largest absolute Gasteiger partial charge is 0.385 e. The van der Waals surface area contributed by atoms with Crippen LogP contribution in [0.2, 0.25) is 0 Å². The molecule has 0 radical (unpaired) electrons. The highest BCUT2D eigenvalue weighted by Gasteiger charge is 2.27. The smallest absolute Gasteiger partial charge is 0.240 e. The Balaban J connectivity index is 1.65. The zero-order chi connectivity index (χ0) is 12.6. The molecule has 2 N–H and O–H groups in total. The first kappa shape index (κ1) is 12.0. The van der Waals surface area contributed by atoms with Gasteiger partial charge >= 0.3 is 0 Å². The topological polar surface area (TPSA) is 58.2 Å². The van der Waals surface area contributed by atoms with Crippen molar-refractivity contribution in [2.24, 2.45) is 5.92 Å². The van der Waals surface area contributed by atoms with Gasteiger partial charge in [0.1, 0.15) is 0 Å². The summed E-state index contributed by atoms with van der Waals surface area (Å²) in [6, 6.07) is 7.16. The molecule has 0 amide bonds. The van der Waals surface area contributed by atoms with Crippen molar-refractivity contribution in [3.8, 4) is 0 Å². The molecular formula is C13H18N2O2S. The van der Waals surface area contributed by atoms with Crippen LogP contribution in [0.5, 0.6) is 0 Å². The van der Waals surface area contributed by atoms with Crippen LogP contribution < -0.4 is 10.0 Å². The molecule has 0 unspecified atom stereocenters. The number of hydrogen-bond donors (Lipinski definition) is 2. The van der Waals surface area contributed by atoms with Crippen LogP contribution in [0.1, 0.15) is 25.7 Å². The summed E-state index contributed by atoms with van der Waals surface area (Å²) in [6.45, 7) is 0.992. The molecule has 4 nitrogen and oxygen atoms in total. The number of benzene rings is 1. The van der Waals surface area contributed by atoms with Crippen LogP contribution in [0.4, 0.5) is 5.69 Å². The molecule has 0 aromatic heterocycles. The van der Waals surface area contributed by atoms with Gasteiger partial charge in [-0.15, -0.1) is 0 Å². The second-order valence-corrected chi connectivity index (χ2v) is 6.96. The molecule has 3 rings (SSSR count). The van der Waals surface area contributed by atoms with Crippen molar-refractivity contribution in [1.82, 2.24) is 4.72 Å². The summed E-state index contributed by atoms with van der Waals surface area (Å²) < 4.78 is 26.6. The SMILES string of the molecule is O=S(=O)(NC1CC1)c1ccc(NCC2CC2)cc1. The summed E-state index contributed by atoms with van der Waals surface area (Å²) in [5, 5.41) is 3.32. The molecule has 0 bridgehead atoms. The highest BCUT2D eigenvalue weighted by atomic mass is 32.2. The van der Waals surface area contributed by atoms with E-state index in [0.29, 0.717) is 4.90 Å². The monoisotopic (exact) mass is 266 g/mol. The number of hydrogen-bond acceptors (Lipinski definition) is 3. The Morgan fingerprint density at radius 3 is 2.28 bits per heavy atom. The van der Waals surface area contributed by atoms with Crippen LogP contribution >= 0.6 is 0 Å². The Hall–Kier alpha value is -1.07. The van der Waals surface area contributed by atoms with Gasteiger partial charge in [0.05, 0.1) is 4.90 Å². The van der Waals surface area contributed by atoms with Crippen molar-refractivity contribution in [3.05, 3.63) is 24.3 Å². The van der Waals surface area contributed by atoms with Gasteiger partial charge in [-0.25, -0.2) is 13.1 Å². The predicted molar refractivity (Wildman–Crippen MR) is 71.0 cm³/mol. The number of nitrogens with one attached hydrogen (secondary N) is 2.